The van der Waals surface area contributed by atoms with Gasteiger partial charge in [-0.2, -0.15) is 0 Å². The summed E-state index contributed by atoms with van der Waals surface area (Å²) in [5, 5.41) is 30.1. The average molecular weight is 463 g/mol. The van der Waals surface area contributed by atoms with Crippen LogP contribution in [0.1, 0.15) is 11.1 Å². The molecule has 0 heterocycles. The molecule has 2 aromatic carbocycles. The summed E-state index contributed by atoms with van der Waals surface area (Å²) in [5.74, 6) is -0.0731. The summed E-state index contributed by atoms with van der Waals surface area (Å²) in [6.07, 6.45) is 0. The largest absolute Gasteiger partial charge is 0.507 e. The van der Waals surface area contributed by atoms with Gasteiger partial charge in [0.25, 0.3) is 11.4 Å². The van der Waals surface area contributed by atoms with Crippen LogP contribution in [0, 0.1) is 34.1 Å². The number of nitro groups is 2. The highest BCUT2D eigenvalue weighted by Crippen LogP contribution is 2.30. The molecule has 128 valence electrons. The highest BCUT2D eigenvalue weighted by Gasteiger charge is 2.14. The second-order valence-electron chi connectivity index (χ2n) is 4.72. The van der Waals surface area contributed by atoms with Crippen molar-refractivity contribution in [1.82, 2.24) is 0 Å². The molecule has 2 aromatic rings. The van der Waals surface area contributed by atoms with Crippen LogP contribution in [0.25, 0.3) is 0 Å². The molecular formula is C14H13Br2N3O5. The van der Waals surface area contributed by atoms with Gasteiger partial charge in [0.15, 0.2) is 0 Å². The van der Waals surface area contributed by atoms with Gasteiger partial charge in [0.2, 0.25) is 0 Å². The predicted octanol–water partition coefficient (Wildman–Crippen LogP) is 4.62. The van der Waals surface area contributed by atoms with Crippen molar-refractivity contribution in [2.45, 2.75) is 13.8 Å². The number of anilines is 1. The van der Waals surface area contributed by atoms with E-state index in [0.29, 0.717) is 20.2 Å². The Morgan fingerprint density at radius 2 is 1.33 bits per heavy atom. The molecule has 0 fully saturated rings. The molecule has 8 nitrogen and oxygen atoms in total. The molecule has 10 heteroatoms. The number of phenolic OH excluding ortho intramolecular Hbond substituents is 1. The molecule has 0 unspecified atom stereocenters. The van der Waals surface area contributed by atoms with E-state index in [1.165, 1.54) is 25.1 Å². The summed E-state index contributed by atoms with van der Waals surface area (Å²) in [6, 6.07) is 5.85. The number of halogens is 2. The Labute approximate surface area is 153 Å². The van der Waals surface area contributed by atoms with Gasteiger partial charge in [-0.05, 0) is 26.0 Å². The number of benzene rings is 2. The lowest BCUT2D eigenvalue weighted by atomic mass is 10.2. The average Bonchev–Trinajstić information content (AvgIpc) is 2.46. The molecule has 0 aromatic heterocycles. The maximum absolute atomic E-state index is 10.5. The zero-order valence-electron chi connectivity index (χ0n) is 12.6. The molecule has 2 rings (SSSR count). The van der Waals surface area contributed by atoms with E-state index < -0.39 is 9.85 Å². The van der Waals surface area contributed by atoms with Gasteiger partial charge in [-0.3, -0.25) is 20.2 Å². The minimum absolute atomic E-state index is 0.0434. The van der Waals surface area contributed by atoms with Gasteiger partial charge in [0, 0.05) is 32.3 Å². The Hall–Kier alpha value is -2.20. The standard InChI is InChI=1S/C7H7BrN2O2.C7H6BrNO3/c1-4-6(9)2-5(8)3-7(4)10(11)12;1-4-6(9(11)12)2-5(8)3-7(4)10/h2-3H,9H2,1H3;2-3,10H,1H3. The molecule has 0 aliphatic rings. The highest BCUT2D eigenvalue weighted by atomic mass is 79.9. The minimum Gasteiger partial charge on any atom is -0.507 e. The van der Waals surface area contributed by atoms with E-state index in [2.05, 4.69) is 31.9 Å². The number of aromatic hydroxyl groups is 1. The first-order chi connectivity index (χ1) is 11.0. The third-order valence-electron chi connectivity index (χ3n) is 3.10. The monoisotopic (exact) mass is 461 g/mol. The highest BCUT2D eigenvalue weighted by molar-refractivity contribution is 9.10. The quantitative estimate of drug-likeness (QED) is 0.380. The zero-order chi connectivity index (χ0) is 18.6. The van der Waals surface area contributed by atoms with E-state index in [9.17, 15) is 25.3 Å². The number of nitrogens with two attached hydrogens (primary N) is 1. The Kier molecular flexibility index (Phi) is 6.67. The van der Waals surface area contributed by atoms with Crippen molar-refractivity contribution in [2.24, 2.45) is 0 Å². The van der Waals surface area contributed by atoms with E-state index in [1.807, 2.05) is 0 Å². The fraction of sp³-hybridized carbons (Fsp3) is 0.143. The van der Waals surface area contributed by atoms with Crippen molar-refractivity contribution >= 4 is 48.9 Å². The number of nitrogens with zero attached hydrogens (tertiary/aromatic N) is 2. The molecular weight excluding hydrogens is 450 g/mol. The maximum Gasteiger partial charge on any atom is 0.277 e. The molecule has 0 spiro atoms. The van der Waals surface area contributed by atoms with Crippen LogP contribution >= 0.6 is 31.9 Å². The number of nitro benzene ring substituents is 2. The van der Waals surface area contributed by atoms with Crippen molar-refractivity contribution in [3.05, 3.63) is 64.6 Å². The molecule has 0 amide bonds. The first-order valence-electron chi connectivity index (χ1n) is 6.38. The molecule has 24 heavy (non-hydrogen) atoms. The maximum atomic E-state index is 10.5. The third-order valence-corrected chi connectivity index (χ3v) is 4.01. The smallest absolute Gasteiger partial charge is 0.277 e. The van der Waals surface area contributed by atoms with E-state index in [4.69, 9.17) is 5.73 Å². The third kappa shape index (κ3) is 4.90. The van der Waals surface area contributed by atoms with Crippen LogP contribution in [0.15, 0.2) is 33.2 Å². The minimum atomic E-state index is -0.528. The van der Waals surface area contributed by atoms with Crippen molar-refractivity contribution in [3.63, 3.8) is 0 Å². The lowest BCUT2D eigenvalue weighted by Gasteiger charge is -2.01. The van der Waals surface area contributed by atoms with Gasteiger partial charge in [0.1, 0.15) is 5.75 Å². The van der Waals surface area contributed by atoms with Gasteiger partial charge < -0.3 is 10.8 Å². The van der Waals surface area contributed by atoms with Gasteiger partial charge in [-0.25, -0.2) is 0 Å². The summed E-state index contributed by atoms with van der Waals surface area (Å²) in [5.41, 5.74) is 6.70. The van der Waals surface area contributed by atoms with Crippen molar-refractivity contribution in [1.29, 1.82) is 0 Å². The Bertz CT molecular complexity index is 744. The molecule has 0 aliphatic heterocycles. The van der Waals surface area contributed by atoms with E-state index in [-0.39, 0.29) is 22.7 Å². The summed E-state index contributed by atoms with van der Waals surface area (Å²) < 4.78 is 1.12. The van der Waals surface area contributed by atoms with Crippen LogP contribution in [0.3, 0.4) is 0 Å². The number of hydrogen-bond donors (Lipinski definition) is 2. The van der Waals surface area contributed by atoms with E-state index in [1.54, 1.807) is 13.0 Å². The van der Waals surface area contributed by atoms with Gasteiger partial charge in [0.05, 0.1) is 15.4 Å². The van der Waals surface area contributed by atoms with Crippen LogP contribution in [0.5, 0.6) is 5.75 Å². The van der Waals surface area contributed by atoms with Crippen molar-refractivity contribution in [3.8, 4) is 5.75 Å². The lowest BCUT2D eigenvalue weighted by molar-refractivity contribution is -0.385. The van der Waals surface area contributed by atoms with Crippen molar-refractivity contribution in [2.75, 3.05) is 5.73 Å². The molecule has 0 atom stereocenters. The SMILES string of the molecule is Cc1c(N)cc(Br)cc1[N+](=O)[O-].Cc1c(O)cc(Br)cc1[N+](=O)[O-]. The van der Waals surface area contributed by atoms with Gasteiger partial charge in [-0.15, -0.1) is 0 Å². The Morgan fingerprint density at radius 3 is 1.79 bits per heavy atom. The Morgan fingerprint density at radius 1 is 0.917 bits per heavy atom. The molecule has 3 N–H and O–H groups in total. The summed E-state index contributed by atoms with van der Waals surface area (Å²) in [7, 11) is 0. The fourth-order valence-corrected chi connectivity index (χ4v) is 2.61. The van der Waals surface area contributed by atoms with Crippen LogP contribution in [-0.4, -0.2) is 15.0 Å². The first kappa shape index (κ1) is 19.8. The molecule has 0 bridgehead atoms. The van der Waals surface area contributed by atoms with Crippen LogP contribution in [0.4, 0.5) is 17.1 Å². The van der Waals surface area contributed by atoms with Crippen LogP contribution < -0.4 is 5.73 Å². The molecule has 0 aliphatic carbocycles. The molecule has 0 radical (unpaired) electrons. The fourth-order valence-electron chi connectivity index (χ4n) is 1.72. The molecule has 0 saturated carbocycles. The first-order valence-corrected chi connectivity index (χ1v) is 7.96. The van der Waals surface area contributed by atoms with Gasteiger partial charge in [-0.1, -0.05) is 31.9 Å². The number of rotatable bonds is 2. The topological polar surface area (TPSA) is 133 Å². The number of phenols is 1. The van der Waals surface area contributed by atoms with Crippen LogP contribution in [0.2, 0.25) is 0 Å². The normalized spacial score (nSPS) is 9.83. The summed E-state index contributed by atoms with van der Waals surface area (Å²) >= 11 is 6.18. The predicted molar refractivity (Wildman–Crippen MR) is 97.1 cm³/mol. The zero-order valence-corrected chi connectivity index (χ0v) is 15.8. The van der Waals surface area contributed by atoms with E-state index >= 15 is 0 Å². The number of nitrogen functional groups attached to an aromatic ring is 1. The Balaban J connectivity index is 0.000000240. The lowest BCUT2D eigenvalue weighted by Crippen LogP contribution is -1.96. The van der Waals surface area contributed by atoms with E-state index in [0.717, 1.165) is 0 Å². The number of hydrogen-bond acceptors (Lipinski definition) is 6. The second kappa shape index (κ2) is 8.06. The summed E-state index contributed by atoms with van der Waals surface area (Å²) in [6.45, 7) is 3.12. The summed E-state index contributed by atoms with van der Waals surface area (Å²) in [4.78, 5) is 19.9. The second-order valence-corrected chi connectivity index (χ2v) is 6.55. The van der Waals surface area contributed by atoms with Crippen molar-refractivity contribution < 1.29 is 15.0 Å². The van der Waals surface area contributed by atoms with Crippen LogP contribution in [-0.2, 0) is 0 Å². The molecule has 0 saturated heterocycles. The van der Waals surface area contributed by atoms with Gasteiger partial charge >= 0.3 is 0 Å².